The maximum Gasteiger partial charge on any atom is -0.00178 e. The Balaban J connectivity index is 2.59. The predicted octanol–water partition coefficient (Wildman–Crippen LogP) is 5.75. The van der Waals surface area contributed by atoms with Gasteiger partial charge in [-0.1, -0.05) is 54.9 Å². The van der Waals surface area contributed by atoms with Gasteiger partial charge in [0.05, 0.1) is 0 Å². The molecular formula is C20H41N. The molecule has 0 amide bonds. The summed E-state index contributed by atoms with van der Waals surface area (Å²) < 4.78 is 0. The van der Waals surface area contributed by atoms with Crippen molar-refractivity contribution in [2.75, 3.05) is 13.1 Å². The molecule has 1 heteroatoms. The van der Waals surface area contributed by atoms with E-state index in [4.69, 9.17) is 0 Å². The summed E-state index contributed by atoms with van der Waals surface area (Å²) in [7, 11) is 0. The van der Waals surface area contributed by atoms with Crippen LogP contribution in [0.3, 0.4) is 0 Å². The van der Waals surface area contributed by atoms with Crippen LogP contribution >= 0.6 is 0 Å². The highest BCUT2D eigenvalue weighted by Crippen LogP contribution is 2.44. The largest absolute Gasteiger partial charge is 0.316 e. The molecule has 1 rings (SSSR count). The Morgan fingerprint density at radius 3 is 2.24 bits per heavy atom. The van der Waals surface area contributed by atoms with Gasteiger partial charge in [0.1, 0.15) is 0 Å². The summed E-state index contributed by atoms with van der Waals surface area (Å²) in [4.78, 5) is 0. The van der Waals surface area contributed by atoms with Gasteiger partial charge in [-0.25, -0.2) is 0 Å². The monoisotopic (exact) mass is 295 g/mol. The van der Waals surface area contributed by atoms with Gasteiger partial charge in [0.2, 0.25) is 0 Å². The van der Waals surface area contributed by atoms with Gasteiger partial charge < -0.3 is 5.32 Å². The number of nitrogens with one attached hydrogen (secondary N) is 1. The number of rotatable bonds is 7. The van der Waals surface area contributed by atoms with Crippen molar-refractivity contribution in [3.05, 3.63) is 0 Å². The van der Waals surface area contributed by atoms with E-state index in [9.17, 15) is 0 Å². The average molecular weight is 296 g/mol. The molecule has 0 aromatic carbocycles. The predicted molar refractivity (Wildman–Crippen MR) is 95.6 cm³/mol. The highest BCUT2D eigenvalue weighted by atomic mass is 14.9. The van der Waals surface area contributed by atoms with Crippen LogP contribution in [-0.2, 0) is 0 Å². The Morgan fingerprint density at radius 2 is 1.71 bits per heavy atom. The van der Waals surface area contributed by atoms with Crippen molar-refractivity contribution in [1.29, 1.82) is 0 Å². The molecule has 0 aliphatic heterocycles. The van der Waals surface area contributed by atoms with Crippen LogP contribution in [0.1, 0.15) is 80.6 Å². The lowest BCUT2D eigenvalue weighted by Crippen LogP contribution is -2.38. The van der Waals surface area contributed by atoms with Crippen LogP contribution in [0.5, 0.6) is 0 Å². The van der Waals surface area contributed by atoms with Crippen LogP contribution in [0.25, 0.3) is 0 Å². The van der Waals surface area contributed by atoms with E-state index in [0.29, 0.717) is 5.41 Å². The van der Waals surface area contributed by atoms with Gasteiger partial charge >= 0.3 is 0 Å². The van der Waals surface area contributed by atoms with Crippen molar-refractivity contribution < 1.29 is 0 Å². The minimum absolute atomic E-state index is 0.490. The first kappa shape index (κ1) is 19.0. The third-order valence-electron chi connectivity index (χ3n) is 5.73. The average Bonchev–Trinajstić information content (AvgIpc) is 2.38. The molecule has 1 fully saturated rings. The zero-order chi connectivity index (χ0) is 16.0. The standard InChI is InChI=1S/C20H41N/c1-8-16(4)11-18-12-19(20(5,6)7)10-9-17(18)14-21-13-15(2)3/h15-19,21H,8-14H2,1-7H3. The van der Waals surface area contributed by atoms with Crippen LogP contribution in [0.2, 0.25) is 0 Å². The molecule has 1 aliphatic rings. The maximum atomic E-state index is 3.73. The fraction of sp³-hybridized carbons (Fsp3) is 1.00. The van der Waals surface area contributed by atoms with Crippen molar-refractivity contribution in [2.24, 2.45) is 35.0 Å². The minimum Gasteiger partial charge on any atom is -0.316 e. The van der Waals surface area contributed by atoms with Gasteiger partial charge in [0.25, 0.3) is 0 Å². The topological polar surface area (TPSA) is 12.0 Å². The normalized spacial score (nSPS) is 28.9. The lowest BCUT2D eigenvalue weighted by molar-refractivity contribution is 0.0836. The quantitative estimate of drug-likeness (QED) is 0.631. The van der Waals surface area contributed by atoms with Crippen LogP contribution in [0, 0.1) is 35.0 Å². The summed E-state index contributed by atoms with van der Waals surface area (Å²) >= 11 is 0. The summed E-state index contributed by atoms with van der Waals surface area (Å²) in [6, 6.07) is 0. The van der Waals surface area contributed by atoms with Crippen molar-refractivity contribution in [3.63, 3.8) is 0 Å². The summed E-state index contributed by atoms with van der Waals surface area (Å²) in [5.41, 5.74) is 0.490. The Labute approximate surface area is 134 Å². The van der Waals surface area contributed by atoms with E-state index in [1.165, 1.54) is 45.2 Å². The lowest BCUT2D eigenvalue weighted by atomic mass is 9.64. The van der Waals surface area contributed by atoms with E-state index >= 15 is 0 Å². The first-order valence-electron chi connectivity index (χ1n) is 9.44. The molecule has 0 heterocycles. The molecule has 21 heavy (non-hydrogen) atoms. The van der Waals surface area contributed by atoms with E-state index in [1.807, 2.05) is 0 Å². The van der Waals surface area contributed by atoms with Crippen molar-refractivity contribution >= 4 is 0 Å². The summed E-state index contributed by atoms with van der Waals surface area (Å²) in [5.74, 6) is 4.44. The Morgan fingerprint density at radius 1 is 1.05 bits per heavy atom. The summed E-state index contributed by atoms with van der Waals surface area (Å²) in [6.45, 7) is 19.1. The van der Waals surface area contributed by atoms with E-state index in [1.54, 1.807) is 0 Å². The highest BCUT2D eigenvalue weighted by Gasteiger charge is 2.35. The molecule has 0 spiro atoms. The van der Waals surface area contributed by atoms with E-state index in [0.717, 1.165) is 29.6 Å². The molecule has 0 aromatic rings. The number of hydrogen-bond acceptors (Lipinski definition) is 1. The second-order valence-electron chi connectivity index (χ2n) is 9.20. The van der Waals surface area contributed by atoms with Crippen LogP contribution in [0.4, 0.5) is 0 Å². The third kappa shape index (κ3) is 6.72. The Hall–Kier alpha value is -0.0400. The van der Waals surface area contributed by atoms with Crippen molar-refractivity contribution in [1.82, 2.24) is 5.32 Å². The van der Waals surface area contributed by atoms with Crippen LogP contribution in [-0.4, -0.2) is 13.1 Å². The van der Waals surface area contributed by atoms with Crippen LogP contribution < -0.4 is 5.32 Å². The molecule has 1 saturated carbocycles. The van der Waals surface area contributed by atoms with Gasteiger partial charge in [-0.3, -0.25) is 0 Å². The number of hydrogen-bond donors (Lipinski definition) is 1. The molecule has 4 atom stereocenters. The lowest BCUT2D eigenvalue weighted by Gasteiger charge is -2.43. The molecule has 1 N–H and O–H groups in total. The zero-order valence-corrected chi connectivity index (χ0v) is 15.8. The molecule has 0 radical (unpaired) electrons. The van der Waals surface area contributed by atoms with Gasteiger partial charge in [-0.2, -0.15) is 0 Å². The first-order chi connectivity index (χ1) is 9.74. The summed E-state index contributed by atoms with van der Waals surface area (Å²) in [5, 5.41) is 3.73. The first-order valence-corrected chi connectivity index (χ1v) is 9.44. The fourth-order valence-electron chi connectivity index (χ4n) is 3.91. The SMILES string of the molecule is CCC(C)CC1CC(C(C)(C)C)CCC1CNCC(C)C. The second-order valence-corrected chi connectivity index (χ2v) is 9.20. The zero-order valence-electron chi connectivity index (χ0n) is 15.8. The summed E-state index contributed by atoms with van der Waals surface area (Å²) in [6.07, 6.45) is 7.12. The van der Waals surface area contributed by atoms with Crippen molar-refractivity contribution in [2.45, 2.75) is 80.6 Å². The van der Waals surface area contributed by atoms with E-state index in [-0.39, 0.29) is 0 Å². The van der Waals surface area contributed by atoms with Gasteiger partial charge in [-0.15, -0.1) is 0 Å². The fourth-order valence-corrected chi connectivity index (χ4v) is 3.91. The molecule has 0 aromatic heterocycles. The van der Waals surface area contributed by atoms with E-state index in [2.05, 4.69) is 53.8 Å². The highest BCUT2D eigenvalue weighted by molar-refractivity contribution is 4.87. The van der Waals surface area contributed by atoms with E-state index < -0.39 is 0 Å². The molecule has 1 nitrogen and oxygen atoms in total. The van der Waals surface area contributed by atoms with Crippen LogP contribution in [0.15, 0.2) is 0 Å². The van der Waals surface area contributed by atoms with Crippen molar-refractivity contribution in [3.8, 4) is 0 Å². The third-order valence-corrected chi connectivity index (χ3v) is 5.73. The van der Waals surface area contributed by atoms with Gasteiger partial charge in [0, 0.05) is 0 Å². The second kappa shape index (κ2) is 8.56. The molecule has 0 bridgehead atoms. The smallest absolute Gasteiger partial charge is 0.00178 e. The molecule has 126 valence electrons. The Kier molecular flexibility index (Phi) is 7.74. The Bertz CT molecular complexity index is 276. The molecule has 0 saturated heterocycles. The molecular weight excluding hydrogens is 254 g/mol. The minimum atomic E-state index is 0.490. The molecule has 1 aliphatic carbocycles. The van der Waals surface area contributed by atoms with Gasteiger partial charge in [-0.05, 0) is 73.8 Å². The molecule has 4 unspecified atom stereocenters. The van der Waals surface area contributed by atoms with Gasteiger partial charge in [0.15, 0.2) is 0 Å². The maximum absolute atomic E-state index is 3.73.